The van der Waals surface area contributed by atoms with Gasteiger partial charge in [-0.15, -0.1) is 0 Å². The zero-order chi connectivity index (χ0) is 14.5. The van der Waals surface area contributed by atoms with Crippen LogP contribution in [0, 0.1) is 0 Å². The van der Waals surface area contributed by atoms with Gasteiger partial charge in [0.25, 0.3) is 0 Å². The van der Waals surface area contributed by atoms with Crippen molar-refractivity contribution in [3.63, 3.8) is 0 Å². The van der Waals surface area contributed by atoms with E-state index in [-0.39, 0.29) is 12.0 Å². The second-order valence-electron chi connectivity index (χ2n) is 4.54. The van der Waals surface area contributed by atoms with E-state index in [4.69, 9.17) is 9.47 Å². The van der Waals surface area contributed by atoms with E-state index >= 15 is 0 Å². The molecule has 0 bridgehead atoms. The van der Waals surface area contributed by atoms with Crippen molar-refractivity contribution in [1.29, 1.82) is 0 Å². The minimum atomic E-state index is -0.495. The molecular formula is C14H18N2O4. The van der Waals surface area contributed by atoms with Gasteiger partial charge in [0, 0.05) is 18.3 Å². The van der Waals surface area contributed by atoms with E-state index in [1.54, 1.807) is 31.4 Å². The summed E-state index contributed by atoms with van der Waals surface area (Å²) in [5.74, 6) is 0.289. The molecule has 20 heavy (non-hydrogen) atoms. The van der Waals surface area contributed by atoms with E-state index in [1.165, 1.54) is 12.0 Å². The number of hydrogen-bond acceptors (Lipinski definition) is 4. The predicted octanol–water partition coefficient (Wildman–Crippen LogP) is 1.86. The van der Waals surface area contributed by atoms with E-state index < -0.39 is 6.04 Å². The number of methoxy groups -OCH3 is 2. The number of benzene rings is 1. The third-order valence-corrected chi connectivity index (χ3v) is 3.31. The molecule has 1 N–H and O–H groups in total. The van der Waals surface area contributed by atoms with Crippen LogP contribution in [-0.2, 0) is 9.53 Å². The first-order valence-corrected chi connectivity index (χ1v) is 6.45. The zero-order valence-corrected chi connectivity index (χ0v) is 11.6. The summed E-state index contributed by atoms with van der Waals surface area (Å²) < 4.78 is 9.82. The number of esters is 1. The van der Waals surface area contributed by atoms with Crippen LogP contribution in [0.4, 0.5) is 10.5 Å². The van der Waals surface area contributed by atoms with Crippen LogP contribution in [-0.4, -0.2) is 43.7 Å². The van der Waals surface area contributed by atoms with Crippen LogP contribution in [0.1, 0.15) is 12.8 Å². The van der Waals surface area contributed by atoms with Crippen LogP contribution in [0.3, 0.4) is 0 Å². The molecule has 0 aliphatic carbocycles. The molecular weight excluding hydrogens is 260 g/mol. The lowest BCUT2D eigenvalue weighted by molar-refractivity contribution is -0.144. The summed E-state index contributed by atoms with van der Waals surface area (Å²) >= 11 is 0. The van der Waals surface area contributed by atoms with Gasteiger partial charge in [-0.2, -0.15) is 0 Å². The zero-order valence-electron chi connectivity index (χ0n) is 11.6. The van der Waals surface area contributed by atoms with Crippen LogP contribution in [0.5, 0.6) is 5.75 Å². The Bertz CT molecular complexity index is 504. The molecule has 1 unspecified atom stereocenters. The van der Waals surface area contributed by atoms with E-state index in [1.807, 2.05) is 0 Å². The van der Waals surface area contributed by atoms with E-state index in [0.29, 0.717) is 24.4 Å². The summed E-state index contributed by atoms with van der Waals surface area (Å²) in [5.41, 5.74) is 0.630. The molecule has 1 fully saturated rings. The highest BCUT2D eigenvalue weighted by molar-refractivity contribution is 5.93. The summed E-state index contributed by atoms with van der Waals surface area (Å²) in [7, 11) is 2.90. The number of carbonyl (C=O) groups is 2. The highest BCUT2D eigenvalue weighted by Gasteiger charge is 2.34. The number of nitrogens with one attached hydrogen (secondary N) is 1. The lowest BCUT2D eigenvalue weighted by Gasteiger charge is -2.23. The van der Waals surface area contributed by atoms with Gasteiger partial charge in [0.05, 0.1) is 14.2 Å². The minimum Gasteiger partial charge on any atom is -0.497 e. The van der Waals surface area contributed by atoms with E-state index in [0.717, 1.165) is 6.42 Å². The number of nitrogens with zero attached hydrogens (tertiary/aromatic N) is 1. The Kier molecular flexibility index (Phi) is 4.45. The monoisotopic (exact) mass is 278 g/mol. The van der Waals surface area contributed by atoms with Crippen molar-refractivity contribution in [2.45, 2.75) is 18.9 Å². The largest absolute Gasteiger partial charge is 0.497 e. The molecule has 6 heteroatoms. The van der Waals surface area contributed by atoms with Crippen molar-refractivity contribution >= 4 is 17.7 Å². The normalized spacial score (nSPS) is 17.7. The van der Waals surface area contributed by atoms with Crippen LogP contribution in [0.2, 0.25) is 0 Å². The number of ether oxygens (including phenoxy) is 2. The van der Waals surface area contributed by atoms with Crippen molar-refractivity contribution < 1.29 is 19.1 Å². The SMILES string of the molecule is COC(=O)C1CCCN1C(=O)Nc1cccc(OC)c1. The fraction of sp³-hybridized carbons (Fsp3) is 0.429. The summed E-state index contributed by atoms with van der Waals surface area (Å²) in [4.78, 5) is 25.3. The Labute approximate surface area is 117 Å². The highest BCUT2D eigenvalue weighted by atomic mass is 16.5. The molecule has 0 aromatic heterocycles. The molecule has 2 rings (SSSR count). The number of rotatable bonds is 3. The third kappa shape index (κ3) is 3.01. The minimum absolute atomic E-state index is 0.300. The van der Waals surface area contributed by atoms with Gasteiger partial charge in [-0.05, 0) is 25.0 Å². The molecule has 0 saturated carbocycles. The Hall–Kier alpha value is -2.24. The maximum absolute atomic E-state index is 12.2. The van der Waals surface area contributed by atoms with Gasteiger partial charge in [0.15, 0.2) is 0 Å². The van der Waals surface area contributed by atoms with Crippen molar-refractivity contribution in [3.05, 3.63) is 24.3 Å². The van der Waals surface area contributed by atoms with Gasteiger partial charge in [-0.3, -0.25) is 0 Å². The van der Waals surface area contributed by atoms with Gasteiger partial charge >= 0.3 is 12.0 Å². The Morgan fingerprint density at radius 1 is 1.35 bits per heavy atom. The molecule has 0 spiro atoms. The Balaban J connectivity index is 2.05. The molecule has 108 valence electrons. The first kappa shape index (κ1) is 14.2. The maximum atomic E-state index is 12.2. The van der Waals surface area contributed by atoms with Gasteiger partial charge < -0.3 is 19.7 Å². The molecule has 0 radical (unpaired) electrons. The quantitative estimate of drug-likeness (QED) is 0.857. The molecule has 2 amide bonds. The van der Waals surface area contributed by atoms with Crippen LogP contribution in [0.25, 0.3) is 0 Å². The van der Waals surface area contributed by atoms with Crippen LogP contribution >= 0.6 is 0 Å². The standard InChI is InChI=1S/C14H18N2O4/c1-19-11-6-3-5-10(9-11)15-14(18)16-8-4-7-12(16)13(17)20-2/h3,5-6,9,12H,4,7-8H2,1-2H3,(H,15,18). The van der Waals surface area contributed by atoms with Gasteiger partial charge in [-0.1, -0.05) is 6.07 Å². The number of anilines is 1. The number of carbonyl (C=O) groups excluding carboxylic acids is 2. The van der Waals surface area contributed by atoms with E-state index in [9.17, 15) is 9.59 Å². The summed E-state index contributed by atoms with van der Waals surface area (Å²) in [6.07, 6.45) is 1.43. The number of hydrogen-bond donors (Lipinski definition) is 1. The molecule has 1 atom stereocenters. The third-order valence-electron chi connectivity index (χ3n) is 3.31. The van der Waals surface area contributed by atoms with Crippen LogP contribution in [0.15, 0.2) is 24.3 Å². The van der Waals surface area contributed by atoms with Crippen molar-refractivity contribution in [2.75, 3.05) is 26.1 Å². The topological polar surface area (TPSA) is 67.9 Å². The predicted molar refractivity (Wildman–Crippen MR) is 73.8 cm³/mol. The highest BCUT2D eigenvalue weighted by Crippen LogP contribution is 2.21. The molecule has 1 aliphatic rings. The van der Waals surface area contributed by atoms with Crippen molar-refractivity contribution in [1.82, 2.24) is 4.90 Å². The van der Waals surface area contributed by atoms with Gasteiger partial charge in [0.1, 0.15) is 11.8 Å². The smallest absolute Gasteiger partial charge is 0.328 e. The first-order chi connectivity index (χ1) is 9.65. The average Bonchev–Trinajstić information content (AvgIpc) is 2.96. The fourth-order valence-corrected chi connectivity index (χ4v) is 2.29. The van der Waals surface area contributed by atoms with Crippen molar-refractivity contribution in [2.24, 2.45) is 0 Å². The Morgan fingerprint density at radius 3 is 2.85 bits per heavy atom. The van der Waals surface area contributed by atoms with Gasteiger partial charge in [-0.25, -0.2) is 9.59 Å². The summed E-state index contributed by atoms with van der Waals surface area (Å²) in [6.45, 7) is 0.551. The summed E-state index contributed by atoms with van der Waals surface area (Å²) in [5, 5.41) is 2.77. The van der Waals surface area contributed by atoms with Crippen molar-refractivity contribution in [3.8, 4) is 5.75 Å². The molecule has 6 nitrogen and oxygen atoms in total. The fourth-order valence-electron chi connectivity index (χ4n) is 2.29. The van der Waals surface area contributed by atoms with Crippen LogP contribution < -0.4 is 10.1 Å². The number of urea groups is 1. The molecule has 1 aromatic rings. The lowest BCUT2D eigenvalue weighted by Crippen LogP contribution is -2.43. The van der Waals surface area contributed by atoms with Gasteiger partial charge in [0.2, 0.25) is 0 Å². The molecule has 1 heterocycles. The number of likely N-dealkylation sites (tertiary alicyclic amines) is 1. The summed E-state index contributed by atoms with van der Waals surface area (Å²) in [6, 6.07) is 6.28. The Morgan fingerprint density at radius 2 is 2.15 bits per heavy atom. The lowest BCUT2D eigenvalue weighted by atomic mass is 10.2. The number of amides is 2. The molecule has 1 aliphatic heterocycles. The molecule has 1 aromatic carbocycles. The molecule has 1 saturated heterocycles. The maximum Gasteiger partial charge on any atom is 0.328 e. The average molecular weight is 278 g/mol. The van der Waals surface area contributed by atoms with E-state index in [2.05, 4.69) is 5.32 Å². The first-order valence-electron chi connectivity index (χ1n) is 6.45. The second kappa shape index (κ2) is 6.27. The second-order valence-corrected chi connectivity index (χ2v) is 4.54.